The minimum atomic E-state index is -0.123. The van der Waals surface area contributed by atoms with E-state index in [2.05, 4.69) is 37.2 Å². The molecule has 1 N–H and O–H groups in total. The van der Waals surface area contributed by atoms with Gasteiger partial charge in [0.15, 0.2) is 5.65 Å². The van der Waals surface area contributed by atoms with Crippen molar-refractivity contribution in [3.63, 3.8) is 0 Å². The van der Waals surface area contributed by atoms with Crippen LogP contribution in [-0.4, -0.2) is 30.2 Å². The third-order valence-corrected chi connectivity index (χ3v) is 6.12. The van der Waals surface area contributed by atoms with Crippen LogP contribution < -0.4 is 5.32 Å². The number of aryl methyl sites for hydroxylation is 3. The third-order valence-electron chi connectivity index (χ3n) is 5.26. The van der Waals surface area contributed by atoms with E-state index in [1.807, 2.05) is 29.1 Å². The van der Waals surface area contributed by atoms with Gasteiger partial charge < -0.3 is 9.88 Å². The van der Waals surface area contributed by atoms with Gasteiger partial charge in [0.1, 0.15) is 5.82 Å². The number of nitrogens with one attached hydrogen (secondary N) is 1. The van der Waals surface area contributed by atoms with Crippen LogP contribution in [0.3, 0.4) is 0 Å². The lowest BCUT2D eigenvalue weighted by Crippen LogP contribution is -2.23. The molecule has 7 nitrogen and oxygen atoms in total. The number of carbonyl (C=O) groups is 1. The molecule has 8 heteroatoms. The summed E-state index contributed by atoms with van der Waals surface area (Å²) in [6.07, 6.45) is 7.19. The fraction of sp³-hybridized carbons (Fsp3) is 0.333. The molecule has 5 rings (SSSR count). The van der Waals surface area contributed by atoms with Crippen LogP contribution in [0.4, 0.5) is 0 Å². The number of hydrogen-bond acceptors (Lipinski definition) is 5. The van der Waals surface area contributed by atoms with Crippen LogP contribution in [-0.2, 0) is 26.1 Å². The van der Waals surface area contributed by atoms with E-state index in [0.29, 0.717) is 18.7 Å². The minimum Gasteiger partial charge on any atom is -0.346 e. The number of imidazole rings is 1. The van der Waals surface area contributed by atoms with Crippen LogP contribution in [0.5, 0.6) is 0 Å². The van der Waals surface area contributed by atoms with Gasteiger partial charge in [-0.3, -0.25) is 4.79 Å². The molecule has 1 amide bonds. The van der Waals surface area contributed by atoms with Gasteiger partial charge in [-0.25, -0.2) is 14.6 Å². The Morgan fingerprint density at radius 1 is 1.31 bits per heavy atom. The van der Waals surface area contributed by atoms with Gasteiger partial charge in [0.05, 0.1) is 35.9 Å². The average molecular weight is 407 g/mol. The summed E-state index contributed by atoms with van der Waals surface area (Å²) in [7, 11) is 0. The molecule has 0 aromatic carbocycles. The van der Waals surface area contributed by atoms with Crippen LogP contribution in [0.2, 0.25) is 0 Å². The Morgan fingerprint density at radius 2 is 2.24 bits per heavy atom. The Labute approximate surface area is 172 Å². The van der Waals surface area contributed by atoms with Crippen LogP contribution in [0.25, 0.3) is 11.0 Å². The highest BCUT2D eigenvalue weighted by Crippen LogP contribution is 2.21. The Kier molecular flexibility index (Phi) is 4.63. The van der Waals surface area contributed by atoms with E-state index in [4.69, 9.17) is 0 Å². The summed E-state index contributed by atoms with van der Waals surface area (Å²) in [6, 6.07) is 5.93. The molecule has 4 aromatic rings. The maximum absolute atomic E-state index is 12.9. The smallest absolute Gasteiger partial charge is 0.252 e. The molecule has 5 heterocycles. The second kappa shape index (κ2) is 7.44. The molecule has 148 valence electrons. The molecule has 0 saturated heterocycles. The predicted octanol–water partition coefficient (Wildman–Crippen LogP) is 3.31. The molecule has 29 heavy (non-hydrogen) atoms. The van der Waals surface area contributed by atoms with Crippen LogP contribution in [0.15, 0.2) is 36.0 Å². The van der Waals surface area contributed by atoms with E-state index in [0.717, 1.165) is 41.2 Å². The first-order valence-corrected chi connectivity index (χ1v) is 10.7. The van der Waals surface area contributed by atoms with Crippen molar-refractivity contribution in [3.8, 4) is 0 Å². The summed E-state index contributed by atoms with van der Waals surface area (Å²) < 4.78 is 4.06. The van der Waals surface area contributed by atoms with E-state index in [1.54, 1.807) is 17.5 Å². The summed E-state index contributed by atoms with van der Waals surface area (Å²) in [6.45, 7) is 4.00. The lowest BCUT2D eigenvalue weighted by molar-refractivity contribution is 0.0952. The molecule has 1 aliphatic rings. The number of amides is 1. The van der Waals surface area contributed by atoms with Gasteiger partial charge in [-0.2, -0.15) is 5.10 Å². The number of hydrogen-bond donors (Lipinski definition) is 1. The van der Waals surface area contributed by atoms with Gasteiger partial charge >= 0.3 is 0 Å². The summed E-state index contributed by atoms with van der Waals surface area (Å²) in [5, 5.41) is 10.3. The number of thiophene rings is 1. The fourth-order valence-corrected chi connectivity index (χ4v) is 4.54. The largest absolute Gasteiger partial charge is 0.346 e. The first kappa shape index (κ1) is 18.1. The van der Waals surface area contributed by atoms with Gasteiger partial charge in [-0.15, -0.1) is 11.3 Å². The lowest BCUT2D eigenvalue weighted by atomic mass is 10.1. The van der Waals surface area contributed by atoms with Crippen molar-refractivity contribution >= 4 is 28.3 Å². The molecule has 0 fully saturated rings. The van der Waals surface area contributed by atoms with Gasteiger partial charge in [-0.05, 0) is 37.3 Å². The molecular formula is C21H22N6OS. The van der Waals surface area contributed by atoms with E-state index in [-0.39, 0.29) is 5.91 Å². The number of aromatic nitrogens is 5. The van der Waals surface area contributed by atoms with E-state index in [1.165, 1.54) is 17.7 Å². The third kappa shape index (κ3) is 3.55. The summed E-state index contributed by atoms with van der Waals surface area (Å²) >= 11 is 1.68. The standard InChI is InChI=1S/C21H22N6OS/c1-14-9-17(18-11-23-27(20(18)24-14)13-16-5-4-8-29-16)21(28)22-10-15-12-26-7-3-2-6-19(26)25-15/h4-5,8-9,11-12H,2-3,6-7,10,13H2,1H3,(H,22,28). The maximum Gasteiger partial charge on any atom is 0.252 e. The highest BCUT2D eigenvalue weighted by atomic mass is 32.1. The summed E-state index contributed by atoms with van der Waals surface area (Å²) in [4.78, 5) is 23.4. The van der Waals surface area contributed by atoms with Crippen molar-refractivity contribution in [1.82, 2.24) is 29.6 Å². The number of rotatable bonds is 5. The van der Waals surface area contributed by atoms with Crippen LogP contribution in [0, 0.1) is 6.92 Å². The average Bonchev–Trinajstić information content (AvgIpc) is 3.46. The van der Waals surface area contributed by atoms with Gasteiger partial charge in [0.2, 0.25) is 0 Å². The molecule has 0 bridgehead atoms. The molecule has 4 aromatic heterocycles. The number of carbonyl (C=O) groups excluding carboxylic acids is 1. The zero-order valence-corrected chi connectivity index (χ0v) is 17.1. The molecule has 0 radical (unpaired) electrons. The Balaban J connectivity index is 1.38. The number of pyridine rings is 1. The molecule has 0 unspecified atom stereocenters. The van der Waals surface area contributed by atoms with Crippen molar-refractivity contribution in [2.75, 3.05) is 0 Å². The van der Waals surface area contributed by atoms with Gasteiger partial charge in [-0.1, -0.05) is 6.07 Å². The minimum absolute atomic E-state index is 0.123. The molecule has 0 aliphatic carbocycles. The van der Waals surface area contributed by atoms with Crippen molar-refractivity contribution in [2.24, 2.45) is 0 Å². The zero-order chi connectivity index (χ0) is 19.8. The first-order valence-electron chi connectivity index (χ1n) is 9.86. The van der Waals surface area contributed by atoms with Crippen molar-refractivity contribution in [2.45, 2.75) is 45.8 Å². The van der Waals surface area contributed by atoms with E-state index < -0.39 is 0 Å². The SMILES string of the molecule is Cc1cc(C(=O)NCc2cn3c(n2)CCCC3)c2cnn(Cc3cccs3)c2n1. The molecule has 0 spiro atoms. The monoisotopic (exact) mass is 406 g/mol. The highest BCUT2D eigenvalue weighted by molar-refractivity contribution is 7.09. The Bertz CT molecular complexity index is 1150. The topological polar surface area (TPSA) is 77.6 Å². The molecule has 0 saturated carbocycles. The zero-order valence-electron chi connectivity index (χ0n) is 16.3. The molecule has 0 atom stereocenters. The van der Waals surface area contributed by atoms with E-state index in [9.17, 15) is 4.79 Å². The van der Waals surface area contributed by atoms with Crippen molar-refractivity contribution < 1.29 is 4.79 Å². The Hall–Kier alpha value is -3.00. The van der Waals surface area contributed by atoms with Crippen molar-refractivity contribution in [3.05, 3.63) is 63.6 Å². The lowest BCUT2D eigenvalue weighted by Gasteiger charge is -2.11. The van der Waals surface area contributed by atoms with Gasteiger partial charge in [0.25, 0.3) is 5.91 Å². The van der Waals surface area contributed by atoms with Crippen LogP contribution in [0.1, 0.15) is 45.3 Å². The molecular weight excluding hydrogens is 384 g/mol. The van der Waals surface area contributed by atoms with Gasteiger partial charge in [0, 0.05) is 29.7 Å². The second-order valence-corrected chi connectivity index (χ2v) is 8.44. The van der Waals surface area contributed by atoms with Crippen molar-refractivity contribution in [1.29, 1.82) is 0 Å². The van der Waals surface area contributed by atoms with Crippen LogP contribution >= 0.6 is 11.3 Å². The summed E-state index contributed by atoms with van der Waals surface area (Å²) in [5.74, 6) is 1.000. The summed E-state index contributed by atoms with van der Waals surface area (Å²) in [5.41, 5.74) is 3.05. The number of nitrogens with zero attached hydrogens (tertiary/aromatic N) is 5. The Morgan fingerprint density at radius 3 is 3.07 bits per heavy atom. The second-order valence-electron chi connectivity index (χ2n) is 7.41. The quantitative estimate of drug-likeness (QED) is 0.552. The highest BCUT2D eigenvalue weighted by Gasteiger charge is 2.17. The number of fused-ring (bicyclic) bond motifs is 2. The first-order chi connectivity index (χ1) is 14.2. The normalized spacial score (nSPS) is 13.6. The molecule has 1 aliphatic heterocycles. The fourth-order valence-electron chi connectivity index (χ4n) is 3.85. The predicted molar refractivity (Wildman–Crippen MR) is 112 cm³/mol. The van der Waals surface area contributed by atoms with E-state index >= 15 is 0 Å². The maximum atomic E-state index is 12.9.